The fourth-order valence-electron chi connectivity index (χ4n) is 3.47. The molecule has 3 aromatic rings. The number of furan rings is 1. The van der Waals surface area contributed by atoms with E-state index in [0.29, 0.717) is 6.04 Å². The lowest BCUT2D eigenvalue weighted by atomic mass is 10.0. The van der Waals surface area contributed by atoms with Crippen molar-refractivity contribution < 1.29 is 4.42 Å². The van der Waals surface area contributed by atoms with Gasteiger partial charge in [0.05, 0.1) is 6.20 Å². The Morgan fingerprint density at radius 3 is 2.92 bits per heavy atom. The third kappa shape index (κ3) is 3.09. The summed E-state index contributed by atoms with van der Waals surface area (Å²) < 4.78 is 5.97. The van der Waals surface area contributed by atoms with Gasteiger partial charge in [0.15, 0.2) is 5.76 Å². The zero-order valence-electron chi connectivity index (χ0n) is 14.1. The topological polar surface area (TPSA) is 57.1 Å². The van der Waals surface area contributed by atoms with E-state index in [1.807, 2.05) is 24.4 Å². The van der Waals surface area contributed by atoms with Crippen molar-refractivity contribution in [2.75, 3.05) is 19.6 Å². The van der Waals surface area contributed by atoms with E-state index in [2.05, 4.69) is 39.5 Å². The van der Waals surface area contributed by atoms with E-state index >= 15 is 0 Å². The van der Waals surface area contributed by atoms with Crippen LogP contribution in [-0.2, 0) is 6.54 Å². The smallest absolute Gasteiger partial charge is 0.153 e. The first-order valence-electron chi connectivity index (χ1n) is 8.80. The average molecular weight is 324 g/mol. The highest BCUT2D eigenvalue weighted by Crippen LogP contribution is 2.28. The van der Waals surface area contributed by atoms with Gasteiger partial charge in [-0.1, -0.05) is 25.1 Å². The van der Waals surface area contributed by atoms with Crippen LogP contribution in [0.1, 0.15) is 25.3 Å². The van der Waals surface area contributed by atoms with Crippen molar-refractivity contribution in [3.05, 3.63) is 42.1 Å². The molecule has 3 heterocycles. The van der Waals surface area contributed by atoms with E-state index in [1.54, 1.807) is 0 Å². The van der Waals surface area contributed by atoms with Gasteiger partial charge in [-0.3, -0.25) is 5.10 Å². The predicted octanol–water partition coefficient (Wildman–Crippen LogP) is 3.40. The Kier molecular flexibility index (Phi) is 4.36. The summed E-state index contributed by atoms with van der Waals surface area (Å²) in [6, 6.07) is 10.7. The lowest BCUT2D eigenvalue weighted by molar-refractivity contribution is 0.206. The first-order chi connectivity index (χ1) is 11.8. The molecule has 1 aliphatic rings. The Balaban J connectivity index is 1.45. The molecule has 0 bridgehead atoms. The van der Waals surface area contributed by atoms with Gasteiger partial charge in [0.1, 0.15) is 11.3 Å². The van der Waals surface area contributed by atoms with Crippen LogP contribution in [0.3, 0.4) is 0 Å². The van der Waals surface area contributed by atoms with E-state index in [4.69, 9.17) is 4.42 Å². The van der Waals surface area contributed by atoms with Crippen LogP contribution in [0.15, 0.2) is 40.9 Å². The lowest BCUT2D eigenvalue weighted by Crippen LogP contribution is -2.42. The lowest BCUT2D eigenvalue weighted by Gasteiger charge is -2.31. The highest BCUT2D eigenvalue weighted by Gasteiger charge is 2.19. The first kappa shape index (κ1) is 15.4. The molecule has 5 heteroatoms. The highest BCUT2D eigenvalue weighted by molar-refractivity contribution is 5.82. The monoisotopic (exact) mass is 324 g/mol. The number of benzene rings is 1. The van der Waals surface area contributed by atoms with E-state index in [0.717, 1.165) is 41.1 Å². The fraction of sp³-hybridized carbons (Fsp3) is 0.421. The van der Waals surface area contributed by atoms with Gasteiger partial charge in [0.2, 0.25) is 0 Å². The van der Waals surface area contributed by atoms with Crippen LogP contribution in [0.4, 0.5) is 0 Å². The third-order valence-electron chi connectivity index (χ3n) is 5.01. The van der Waals surface area contributed by atoms with Crippen LogP contribution in [0, 0.1) is 0 Å². The van der Waals surface area contributed by atoms with Gasteiger partial charge in [0.25, 0.3) is 0 Å². The van der Waals surface area contributed by atoms with Gasteiger partial charge in [-0.05, 0) is 44.6 Å². The average Bonchev–Trinajstić information content (AvgIpc) is 3.26. The van der Waals surface area contributed by atoms with Crippen molar-refractivity contribution in [1.29, 1.82) is 0 Å². The Bertz CT molecular complexity index is 765. The van der Waals surface area contributed by atoms with E-state index < -0.39 is 0 Å². The summed E-state index contributed by atoms with van der Waals surface area (Å²) in [5, 5.41) is 12.1. The van der Waals surface area contributed by atoms with Gasteiger partial charge in [0, 0.05) is 23.5 Å². The molecule has 1 aromatic carbocycles. The molecule has 0 atom stereocenters. The number of nitrogens with one attached hydrogen (secondary N) is 2. The van der Waals surface area contributed by atoms with Crippen molar-refractivity contribution in [1.82, 2.24) is 20.4 Å². The van der Waals surface area contributed by atoms with Crippen LogP contribution in [-0.4, -0.2) is 40.8 Å². The molecule has 2 aromatic heterocycles. The molecule has 0 aliphatic carbocycles. The van der Waals surface area contributed by atoms with Gasteiger partial charge >= 0.3 is 0 Å². The van der Waals surface area contributed by atoms with Crippen molar-refractivity contribution in [2.24, 2.45) is 0 Å². The summed E-state index contributed by atoms with van der Waals surface area (Å²) in [5.41, 5.74) is 3.05. The molecule has 1 saturated heterocycles. The second-order valence-corrected chi connectivity index (χ2v) is 6.51. The van der Waals surface area contributed by atoms with Gasteiger partial charge in [-0.15, -0.1) is 0 Å². The molecule has 0 spiro atoms. The first-order valence-corrected chi connectivity index (χ1v) is 8.80. The highest BCUT2D eigenvalue weighted by atomic mass is 16.3. The molecular weight excluding hydrogens is 300 g/mol. The molecule has 1 aliphatic heterocycles. The normalized spacial score (nSPS) is 16.9. The van der Waals surface area contributed by atoms with Crippen molar-refractivity contribution in [3.63, 3.8) is 0 Å². The molecule has 0 unspecified atom stereocenters. The number of rotatable bonds is 5. The summed E-state index contributed by atoms with van der Waals surface area (Å²) in [6.45, 7) is 6.59. The van der Waals surface area contributed by atoms with Crippen molar-refractivity contribution in [2.45, 2.75) is 32.4 Å². The maximum Gasteiger partial charge on any atom is 0.153 e. The molecule has 0 radical (unpaired) electrons. The Labute approximate surface area is 142 Å². The van der Waals surface area contributed by atoms with E-state index in [1.165, 1.54) is 25.9 Å². The number of para-hydroxylation sites is 1. The largest absolute Gasteiger partial charge is 0.454 e. The van der Waals surface area contributed by atoms with Gasteiger partial charge < -0.3 is 14.6 Å². The maximum absolute atomic E-state index is 5.97. The van der Waals surface area contributed by atoms with Crippen LogP contribution in [0.2, 0.25) is 0 Å². The number of nitrogens with zero attached hydrogens (tertiary/aromatic N) is 2. The zero-order chi connectivity index (χ0) is 16.4. The molecule has 5 nitrogen and oxygen atoms in total. The molecule has 126 valence electrons. The number of hydrogen-bond donors (Lipinski definition) is 2. The second-order valence-electron chi connectivity index (χ2n) is 6.51. The van der Waals surface area contributed by atoms with Crippen molar-refractivity contribution >= 4 is 11.0 Å². The fourth-order valence-corrected chi connectivity index (χ4v) is 3.47. The number of fused-ring (bicyclic) bond motifs is 1. The maximum atomic E-state index is 5.97. The molecule has 2 N–H and O–H groups in total. The molecule has 4 rings (SSSR count). The molecule has 0 amide bonds. The Morgan fingerprint density at radius 1 is 1.29 bits per heavy atom. The summed E-state index contributed by atoms with van der Waals surface area (Å²) >= 11 is 0. The minimum Gasteiger partial charge on any atom is -0.454 e. The number of hydrogen-bond acceptors (Lipinski definition) is 4. The number of likely N-dealkylation sites (tertiary alicyclic amines) is 1. The van der Waals surface area contributed by atoms with Gasteiger partial charge in [-0.25, -0.2) is 0 Å². The predicted molar refractivity (Wildman–Crippen MR) is 95.8 cm³/mol. The third-order valence-corrected chi connectivity index (χ3v) is 5.01. The van der Waals surface area contributed by atoms with Gasteiger partial charge in [-0.2, -0.15) is 5.10 Å². The molecule has 24 heavy (non-hydrogen) atoms. The summed E-state index contributed by atoms with van der Waals surface area (Å²) in [6.07, 6.45) is 4.33. The standard InChI is InChI=1S/C19H24N4O/c1-2-23-9-7-16(8-10-23)20-12-15-13-21-22-19(15)18-11-14-5-3-4-6-17(14)24-18/h3-6,11,13,16,20H,2,7-10,12H2,1H3,(H,21,22). The number of aromatic amines is 1. The van der Waals surface area contributed by atoms with E-state index in [-0.39, 0.29) is 0 Å². The molecule has 1 fully saturated rings. The minimum atomic E-state index is 0.589. The van der Waals surface area contributed by atoms with Crippen LogP contribution in [0.5, 0.6) is 0 Å². The van der Waals surface area contributed by atoms with Crippen LogP contribution >= 0.6 is 0 Å². The van der Waals surface area contributed by atoms with Crippen molar-refractivity contribution in [3.8, 4) is 11.5 Å². The Morgan fingerprint density at radius 2 is 2.12 bits per heavy atom. The van der Waals surface area contributed by atoms with Crippen LogP contribution < -0.4 is 5.32 Å². The number of aromatic nitrogens is 2. The summed E-state index contributed by atoms with van der Waals surface area (Å²) in [5.74, 6) is 0.853. The van der Waals surface area contributed by atoms with Crippen LogP contribution in [0.25, 0.3) is 22.4 Å². The van der Waals surface area contributed by atoms with E-state index in [9.17, 15) is 0 Å². The SMILES string of the molecule is CCN1CCC(NCc2cn[nH]c2-c2cc3ccccc3o2)CC1. The number of piperidine rings is 1. The quantitative estimate of drug-likeness (QED) is 0.755. The number of H-pyrrole nitrogens is 1. The molecular formula is C19H24N4O. The minimum absolute atomic E-state index is 0.589. The zero-order valence-corrected chi connectivity index (χ0v) is 14.1. The summed E-state index contributed by atoms with van der Waals surface area (Å²) in [7, 11) is 0. The Hall–Kier alpha value is -2.11. The molecule has 0 saturated carbocycles. The summed E-state index contributed by atoms with van der Waals surface area (Å²) in [4.78, 5) is 2.51. The second kappa shape index (κ2) is 6.79.